The van der Waals surface area contributed by atoms with E-state index in [0.717, 1.165) is 11.3 Å². The lowest BCUT2D eigenvalue weighted by atomic mass is 10.1. The topological polar surface area (TPSA) is 63.8 Å². The van der Waals surface area contributed by atoms with E-state index in [9.17, 15) is 0 Å². The van der Waals surface area contributed by atoms with Gasteiger partial charge in [0, 0.05) is 11.7 Å². The zero-order valence-electron chi connectivity index (χ0n) is 9.39. The van der Waals surface area contributed by atoms with Gasteiger partial charge in [-0.3, -0.25) is 0 Å². The molecule has 1 atom stereocenters. The minimum Gasteiger partial charge on any atom is -0.399 e. The lowest BCUT2D eigenvalue weighted by Crippen LogP contribution is -2.08. The third kappa shape index (κ3) is 2.85. The lowest BCUT2D eigenvalue weighted by Gasteiger charge is -2.15. The summed E-state index contributed by atoms with van der Waals surface area (Å²) in [4.78, 5) is 7.92. The second-order valence-electron chi connectivity index (χ2n) is 3.75. The average Bonchev–Trinajstić information content (AvgIpc) is 2.33. The number of aromatic nitrogens is 2. The van der Waals surface area contributed by atoms with Gasteiger partial charge in [-0.25, -0.2) is 9.97 Å². The Kier molecular flexibility index (Phi) is 3.44. The molecule has 0 radical (unpaired) electrons. The summed E-state index contributed by atoms with van der Waals surface area (Å²) in [7, 11) is 0. The van der Waals surface area contributed by atoms with Crippen LogP contribution in [0.25, 0.3) is 0 Å². The van der Waals surface area contributed by atoms with Crippen LogP contribution in [0.3, 0.4) is 0 Å². The van der Waals surface area contributed by atoms with E-state index in [2.05, 4.69) is 15.3 Å². The molecule has 1 heterocycles. The van der Waals surface area contributed by atoms with E-state index in [0.29, 0.717) is 10.8 Å². The Labute approximate surface area is 105 Å². The molecule has 0 saturated carbocycles. The van der Waals surface area contributed by atoms with Gasteiger partial charge in [0.2, 0.25) is 0 Å². The third-order valence-corrected chi connectivity index (χ3v) is 2.73. The molecular weight excluding hydrogens is 236 g/mol. The molecule has 1 aromatic carbocycles. The van der Waals surface area contributed by atoms with Gasteiger partial charge in [-0.1, -0.05) is 23.7 Å². The summed E-state index contributed by atoms with van der Waals surface area (Å²) in [5.74, 6) is 0.631. The Hall–Kier alpha value is -1.81. The molecule has 5 heteroatoms. The first-order chi connectivity index (χ1) is 8.16. The Morgan fingerprint density at radius 2 is 2.00 bits per heavy atom. The van der Waals surface area contributed by atoms with Crippen molar-refractivity contribution < 1.29 is 0 Å². The standard InChI is InChI=1S/C12H13ClN4/c1-8(9-2-4-10(14)5-3-9)17-12-11(13)6-15-7-16-12/h2-8H,14H2,1H3,(H,15,16,17). The summed E-state index contributed by atoms with van der Waals surface area (Å²) >= 11 is 5.97. The van der Waals surface area contributed by atoms with Crippen molar-refractivity contribution in [3.8, 4) is 0 Å². The van der Waals surface area contributed by atoms with Crippen molar-refractivity contribution in [2.45, 2.75) is 13.0 Å². The van der Waals surface area contributed by atoms with Crippen LogP contribution in [0.15, 0.2) is 36.8 Å². The smallest absolute Gasteiger partial charge is 0.148 e. The molecule has 0 spiro atoms. The van der Waals surface area contributed by atoms with Gasteiger partial charge < -0.3 is 11.1 Å². The number of halogens is 1. The third-order valence-electron chi connectivity index (χ3n) is 2.46. The van der Waals surface area contributed by atoms with Crippen LogP contribution < -0.4 is 11.1 Å². The zero-order valence-corrected chi connectivity index (χ0v) is 10.1. The van der Waals surface area contributed by atoms with E-state index >= 15 is 0 Å². The minimum absolute atomic E-state index is 0.1000. The van der Waals surface area contributed by atoms with Crippen molar-refractivity contribution in [1.82, 2.24) is 9.97 Å². The Balaban J connectivity index is 2.14. The molecule has 0 amide bonds. The highest BCUT2D eigenvalue weighted by Crippen LogP contribution is 2.23. The number of rotatable bonds is 3. The van der Waals surface area contributed by atoms with Crippen LogP contribution in [0.5, 0.6) is 0 Å². The van der Waals surface area contributed by atoms with Crippen molar-refractivity contribution >= 4 is 23.1 Å². The van der Waals surface area contributed by atoms with E-state index in [1.165, 1.54) is 6.33 Å². The van der Waals surface area contributed by atoms with Gasteiger partial charge in [0.15, 0.2) is 0 Å². The molecule has 0 fully saturated rings. The summed E-state index contributed by atoms with van der Waals surface area (Å²) in [6.45, 7) is 2.03. The van der Waals surface area contributed by atoms with Crippen molar-refractivity contribution in [2.75, 3.05) is 11.1 Å². The maximum absolute atomic E-state index is 5.97. The molecule has 4 nitrogen and oxygen atoms in total. The first kappa shape index (κ1) is 11.7. The quantitative estimate of drug-likeness (QED) is 0.820. The predicted octanol–water partition coefficient (Wildman–Crippen LogP) is 2.89. The molecule has 88 valence electrons. The maximum Gasteiger partial charge on any atom is 0.148 e. The van der Waals surface area contributed by atoms with Crippen molar-refractivity contribution in [2.24, 2.45) is 0 Å². The number of benzene rings is 1. The number of hydrogen-bond donors (Lipinski definition) is 2. The largest absolute Gasteiger partial charge is 0.399 e. The molecule has 3 N–H and O–H groups in total. The van der Waals surface area contributed by atoms with Gasteiger partial charge in [-0.15, -0.1) is 0 Å². The summed E-state index contributed by atoms with van der Waals surface area (Å²) in [6, 6.07) is 7.79. The number of anilines is 2. The van der Waals surface area contributed by atoms with E-state index in [4.69, 9.17) is 17.3 Å². The number of hydrogen-bond acceptors (Lipinski definition) is 4. The molecule has 17 heavy (non-hydrogen) atoms. The number of nitrogens with two attached hydrogens (primary N) is 1. The average molecular weight is 249 g/mol. The van der Waals surface area contributed by atoms with Crippen molar-refractivity contribution in [3.05, 3.63) is 47.4 Å². The van der Waals surface area contributed by atoms with Crippen molar-refractivity contribution in [3.63, 3.8) is 0 Å². The number of nitrogens with one attached hydrogen (secondary N) is 1. The molecule has 0 saturated heterocycles. The highest BCUT2D eigenvalue weighted by molar-refractivity contribution is 6.32. The highest BCUT2D eigenvalue weighted by Gasteiger charge is 2.08. The van der Waals surface area contributed by atoms with Crippen LogP contribution in [0.2, 0.25) is 5.02 Å². The predicted molar refractivity (Wildman–Crippen MR) is 69.9 cm³/mol. The Bertz CT molecular complexity index is 498. The van der Waals surface area contributed by atoms with Crippen LogP contribution in [-0.2, 0) is 0 Å². The zero-order chi connectivity index (χ0) is 12.3. The molecule has 2 rings (SSSR count). The van der Waals surface area contributed by atoms with Gasteiger partial charge >= 0.3 is 0 Å². The molecule has 0 aliphatic heterocycles. The fourth-order valence-corrected chi connectivity index (χ4v) is 1.65. The second kappa shape index (κ2) is 5.01. The van der Waals surface area contributed by atoms with E-state index in [1.54, 1.807) is 6.20 Å². The first-order valence-electron chi connectivity index (χ1n) is 5.24. The van der Waals surface area contributed by atoms with Crippen LogP contribution in [0.4, 0.5) is 11.5 Å². The van der Waals surface area contributed by atoms with Crippen molar-refractivity contribution in [1.29, 1.82) is 0 Å². The molecule has 0 aliphatic rings. The molecule has 2 aromatic rings. The monoisotopic (exact) mass is 248 g/mol. The lowest BCUT2D eigenvalue weighted by molar-refractivity contribution is 0.872. The summed E-state index contributed by atoms with van der Waals surface area (Å²) in [6.07, 6.45) is 3.02. The van der Waals surface area contributed by atoms with Gasteiger partial charge in [0.05, 0.1) is 6.20 Å². The van der Waals surface area contributed by atoms with Crippen LogP contribution >= 0.6 is 11.6 Å². The highest BCUT2D eigenvalue weighted by atomic mass is 35.5. The Morgan fingerprint density at radius 3 is 2.65 bits per heavy atom. The SMILES string of the molecule is CC(Nc1ncncc1Cl)c1ccc(N)cc1. The summed E-state index contributed by atoms with van der Waals surface area (Å²) < 4.78 is 0. The normalized spacial score (nSPS) is 12.1. The molecule has 1 unspecified atom stereocenters. The van der Waals surface area contributed by atoms with Crippen LogP contribution in [0.1, 0.15) is 18.5 Å². The molecule has 1 aromatic heterocycles. The molecule has 0 bridgehead atoms. The molecular formula is C12H13ClN4. The Morgan fingerprint density at radius 1 is 1.29 bits per heavy atom. The number of nitrogens with zero attached hydrogens (tertiary/aromatic N) is 2. The minimum atomic E-state index is 0.1000. The van der Waals surface area contributed by atoms with E-state index in [-0.39, 0.29) is 6.04 Å². The van der Waals surface area contributed by atoms with E-state index in [1.807, 2.05) is 31.2 Å². The summed E-state index contributed by atoms with van der Waals surface area (Å²) in [5, 5.41) is 3.73. The maximum atomic E-state index is 5.97. The van der Waals surface area contributed by atoms with E-state index < -0.39 is 0 Å². The first-order valence-corrected chi connectivity index (χ1v) is 5.62. The number of nitrogen functional groups attached to an aromatic ring is 1. The van der Waals surface area contributed by atoms with Gasteiger partial charge in [-0.05, 0) is 24.6 Å². The van der Waals surface area contributed by atoms with Crippen LogP contribution in [0, 0.1) is 0 Å². The van der Waals surface area contributed by atoms with Gasteiger partial charge in [-0.2, -0.15) is 0 Å². The fraction of sp³-hybridized carbons (Fsp3) is 0.167. The van der Waals surface area contributed by atoms with Gasteiger partial charge in [0.1, 0.15) is 17.2 Å². The van der Waals surface area contributed by atoms with Crippen LogP contribution in [-0.4, -0.2) is 9.97 Å². The second-order valence-corrected chi connectivity index (χ2v) is 4.16. The molecule has 0 aliphatic carbocycles. The fourth-order valence-electron chi connectivity index (χ4n) is 1.49. The van der Waals surface area contributed by atoms with Gasteiger partial charge in [0.25, 0.3) is 0 Å². The summed E-state index contributed by atoms with van der Waals surface area (Å²) in [5.41, 5.74) is 7.51.